The number of halogens is 8. The van der Waals surface area contributed by atoms with Crippen molar-refractivity contribution in [2.45, 2.75) is 69.6 Å². The number of aromatic nitrogens is 1. The van der Waals surface area contributed by atoms with Crippen LogP contribution in [0, 0.1) is 23.0 Å². The van der Waals surface area contributed by atoms with E-state index in [-0.39, 0.29) is 67.1 Å². The first-order valence-corrected chi connectivity index (χ1v) is 21.1. The molecule has 0 radical (unpaired) electrons. The van der Waals surface area contributed by atoms with Crippen LogP contribution in [0.1, 0.15) is 76.9 Å². The monoisotopic (exact) mass is 983 g/mol. The van der Waals surface area contributed by atoms with Crippen LogP contribution in [-0.4, -0.2) is 92.7 Å². The third-order valence-corrected chi connectivity index (χ3v) is 12.3. The molecule has 8 rings (SSSR count). The molecular formula is C45H33F8N7O8S. The second-order valence-corrected chi connectivity index (χ2v) is 17.0. The lowest BCUT2D eigenvalue weighted by Crippen LogP contribution is -2.54. The van der Waals surface area contributed by atoms with Gasteiger partial charge >= 0.3 is 12.4 Å². The molecule has 1 unspecified atom stereocenters. The van der Waals surface area contributed by atoms with Crippen LogP contribution in [0.3, 0.4) is 0 Å². The van der Waals surface area contributed by atoms with E-state index in [0.717, 1.165) is 28.1 Å². The first-order valence-electron chi connectivity index (χ1n) is 20.7. The number of ether oxygens (including phenoxy) is 2. The molecular weight excluding hydrogens is 951 g/mol. The molecule has 24 heteroatoms. The van der Waals surface area contributed by atoms with Crippen molar-refractivity contribution in [2.75, 3.05) is 29.5 Å². The van der Waals surface area contributed by atoms with E-state index in [2.05, 4.69) is 10.3 Å². The Kier molecular flexibility index (Phi) is 12.2. The number of nitrogens with one attached hydrogen (secondary N) is 1. The van der Waals surface area contributed by atoms with Gasteiger partial charge in [0, 0.05) is 44.0 Å². The van der Waals surface area contributed by atoms with E-state index in [0.29, 0.717) is 23.1 Å². The number of hydrogen-bond donors (Lipinski definition) is 1. The van der Waals surface area contributed by atoms with Gasteiger partial charge in [0.25, 0.3) is 23.6 Å². The van der Waals surface area contributed by atoms with E-state index in [9.17, 15) is 55.1 Å². The fourth-order valence-electron chi connectivity index (χ4n) is 8.53. The van der Waals surface area contributed by atoms with Crippen LogP contribution in [0.15, 0.2) is 60.8 Å². The molecule has 5 heterocycles. The van der Waals surface area contributed by atoms with Crippen molar-refractivity contribution >= 4 is 64.1 Å². The van der Waals surface area contributed by atoms with E-state index in [1.165, 1.54) is 49.1 Å². The van der Waals surface area contributed by atoms with Gasteiger partial charge in [-0.15, -0.1) is 0 Å². The molecule has 0 saturated carbocycles. The third kappa shape index (κ3) is 8.66. The number of anilines is 2. The van der Waals surface area contributed by atoms with Crippen molar-refractivity contribution < 1.29 is 73.4 Å². The van der Waals surface area contributed by atoms with E-state index >= 15 is 8.78 Å². The Hall–Kier alpha value is -7.55. The molecule has 1 atom stereocenters. The van der Waals surface area contributed by atoms with E-state index in [1.807, 2.05) is 0 Å². The van der Waals surface area contributed by atoms with Crippen molar-refractivity contribution in [1.82, 2.24) is 20.1 Å². The van der Waals surface area contributed by atoms with E-state index < -0.39 is 122 Å². The van der Waals surface area contributed by atoms with Crippen molar-refractivity contribution in [3.63, 3.8) is 0 Å². The van der Waals surface area contributed by atoms with Gasteiger partial charge < -0.3 is 19.3 Å². The number of pyridine rings is 1. The van der Waals surface area contributed by atoms with Crippen molar-refractivity contribution in [2.24, 2.45) is 0 Å². The second kappa shape index (κ2) is 17.5. The molecule has 358 valence electrons. The number of fused-ring (bicyclic) bond motifs is 1. The number of piperidine rings is 2. The normalized spacial score (nSPS) is 18.7. The molecule has 0 aliphatic carbocycles. The van der Waals surface area contributed by atoms with Gasteiger partial charge in [-0.2, -0.15) is 31.6 Å². The molecule has 4 aliphatic rings. The molecule has 1 N–H and O–H groups in total. The Balaban J connectivity index is 0.915. The minimum Gasteiger partial charge on any atom is -0.490 e. The highest BCUT2D eigenvalue weighted by Crippen LogP contribution is 2.44. The zero-order valence-electron chi connectivity index (χ0n) is 35.8. The Bertz CT molecular complexity index is 2950. The summed E-state index contributed by atoms with van der Waals surface area (Å²) in [5.74, 6) is -7.74. The average Bonchev–Trinajstić information content (AvgIpc) is 3.63. The fraction of sp³-hybridized carbons (Fsp3) is 0.311. The zero-order valence-corrected chi connectivity index (χ0v) is 36.6. The number of thiocarbonyl (C=S) groups is 1. The summed E-state index contributed by atoms with van der Waals surface area (Å²) in [6.07, 6.45) is -9.89. The zero-order chi connectivity index (χ0) is 50.1. The lowest BCUT2D eigenvalue weighted by Gasteiger charge is -2.32. The van der Waals surface area contributed by atoms with Gasteiger partial charge in [-0.05, 0) is 81.0 Å². The van der Waals surface area contributed by atoms with Crippen LogP contribution in [0.5, 0.6) is 11.5 Å². The predicted octanol–water partition coefficient (Wildman–Crippen LogP) is 6.70. The van der Waals surface area contributed by atoms with Gasteiger partial charge in [-0.3, -0.25) is 48.9 Å². The minimum atomic E-state index is -5.34. The van der Waals surface area contributed by atoms with Gasteiger partial charge in [0.05, 0.1) is 45.9 Å². The number of carbonyl (C=O) groups excluding carboxylic acids is 6. The third-order valence-electron chi connectivity index (χ3n) is 11.9. The maximum atomic E-state index is 16.0. The number of hydrogen-bond acceptors (Lipinski definition) is 11. The number of alkyl halides is 6. The average molecular weight is 984 g/mol. The molecule has 0 spiro atoms. The lowest BCUT2D eigenvalue weighted by molar-refractivity contribution is -0.140. The summed E-state index contributed by atoms with van der Waals surface area (Å²) < 4.78 is 128. The van der Waals surface area contributed by atoms with Crippen molar-refractivity contribution in [3.05, 3.63) is 100 Å². The summed E-state index contributed by atoms with van der Waals surface area (Å²) in [6.45, 7) is 2.25. The van der Waals surface area contributed by atoms with E-state index in [4.69, 9.17) is 27.0 Å². The number of imide groups is 2. The molecule has 3 aromatic carbocycles. The Morgan fingerprint density at radius 2 is 1.55 bits per heavy atom. The number of benzene rings is 3. The second-order valence-electron chi connectivity index (χ2n) is 16.6. The highest BCUT2D eigenvalue weighted by molar-refractivity contribution is 7.81. The van der Waals surface area contributed by atoms with Gasteiger partial charge in [-0.1, -0.05) is 0 Å². The molecule has 1 aromatic heterocycles. The smallest absolute Gasteiger partial charge is 0.420 e. The number of nitriles is 1. The summed E-state index contributed by atoms with van der Waals surface area (Å²) in [5.41, 5.74) is -8.92. The predicted molar refractivity (Wildman–Crippen MR) is 226 cm³/mol. The maximum Gasteiger partial charge on any atom is 0.420 e. The molecule has 3 fully saturated rings. The molecule has 69 heavy (non-hydrogen) atoms. The number of rotatable bonds is 9. The molecule has 0 bridgehead atoms. The van der Waals surface area contributed by atoms with Crippen LogP contribution in [0.4, 0.5) is 46.5 Å². The largest absolute Gasteiger partial charge is 0.490 e. The van der Waals surface area contributed by atoms with Crippen molar-refractivity contribution in [1.29, 1.82) is 5.26 Å². The van der Waals surface area contributed by atoms with Crippen molar-refractivity contribution in [3.8, 4) is 28.8 Å². The fourth-order valence-corrected chi connectivity index (χ4v) is 9.04. The van der Waals surface area contributed by atoms with Gasteiger partial charge in [0.15, 0.2) is 23.4 Å². The number of carbonyl (C=O) groups is 6. The summed E-state index contributed by atoms with van der Waals surface area (Å²) >= 11 is 5.37. The van der Waals surface area contributed by atoms with Crippen LogP contribution in [0.25, 0.3) is 11.3 Å². The summed E-state index contributed by atoms with van der Waals surface area (Å²) in [4.78, 5) is 84.3. The van der Waals surface area contributed by atoms with Gasteiger partial charge in [0.2, 0.25) is 11.8 Å². The molecule has 6 amide bonds. The SMILES string of the molecule is CC1(C)C(=O)N(c2ccc(C#N)c(C(F)(F)F)c2F)C(=S)N1c1cnc(-c2ccc(OC3CCN(C(=O)COc4ccc5c(c4)C(=O)N(C4CCC(=O)NC4=O)C5=O)CC3)cc2C(F)(F)F)c(F)c1. The molecule has 4 aliphatic heterocycles. The van der Waals surface area contributed by atoms with Gasteiger partial charge in [-0.25, -0.2) is 8.78 Å². The number of likely N-dealkylation sites (tertiary alicyclic amines) is 1. The topological polar surface area (TPSA) is 183 Å². The molecule has 15 nitrogen and oxygen atoms in total. The Morgan fingerprint density at radius 1 is 0.884 bits per heavy atom. The summed E-state index contributed by atoms with van der Waals surface area (Å²) in [6, 6.07) is 8.93. The van der Waals surface area contributed by atoms with Crippen LogP contribution >= 0.6 is 12.2 Å². The first kappa shape index (κ1) is 47.9. The van der Waals surface area contributed by atoms with Gasteiger partial charge in [0.1, 0.15) is 40.4 Å². The van der Waals surface area contributed by atoms with Crippen LogP contribution in [0.2, 0.25) is 0 Å². The van der Waals surface area contributed by atoms with Crippen LogP contribution in [-0.2, 0) is 31.5 Å². The Labute approximate surface area is 390 Å². The summed E-state index contributed by atoms with van der Waals surface area (Å²) in [7, 11) is 0. The molecule has 3 saturated heterocycles. The highest BCUT2D eigenvalue weighted by Gasteiger charge is 2.52. The summed E-state index contributed by atoms with van der Waals surface area (Å²) in [5, 5.41) is 10.6. The lowest BCUT2D eigenvalue weighted by atomic mass is 10.0. The number of nitrogens with zero attached hydrogens (tertiary/aromatic N) is 6. The van der Waals surface area contributed by atoms with Crippen LogP contribution < -0.4 is 24.6 Å². The minimum absolute atomic E-state index is 0.0164. The number of amides is 6. The first-order chi connectivity index (χ1) is 32.4. The standard InChI is InChI=1S/C45H33F8N7O8S/c1-43(2)41(66)59(31-8-3-21(18-54)35(36(31)47)45(51,52)53)42(69)60(43)22-15-30(46)37(55-19-22)27-7-5-25(17-29(27)44(48,49)50)68-23-11-13-57(14-12-23)34(62)20-67-24-4-6-26-28(16-24)40(65)58(39(26)64)32-9-10-33(61)56-38(32)63/h3-8,15-17,19,23,32H,9-14,20H2,1-2H3,(H,56,61,63). The molecule has 4 aromatic rings. The highest BCUT2D eigenvalue weighted by atomic mass is 32.1. The van der Waals surface area contributed by atoms with E-state index in [1.54, 1.807) is 0 Å². The Morgan fingerprint density at radius 3 is 2.19 bits per heavy atom. The quantitative estimate of drug-likeness (QED) is 0.107. The maximum absolute atomic E-state index is 16.0.